The quantitative estimate of drug-likeness (QED) is 0.820. The first-order valence-corrected chi connectivity index (χ1v) is 10.2. The molecule has 6 nitrogen and oxygen atoms in total. The minimum absolute atomic E-state index is 0.147. The van der Waals surface area contributed by atoms with Crippen LogP contribution in [0.25, 0.3) is 0 Å². The van der Waals surface area contributed by atoms with Crippen LogP contribution in [0.2, 0.25) is 0 Å². The molecule has 0 saturated carbocycles. The largest absolute Gasteiger partial charge is 0.484 e. The Bertz CT molecular complexity index is 911. The number of anilines is 1. The number of carbonyl (C=O) groups excluding carboxylic acids is 1. The number of carbonyl (C=O) groups is 1. The molecule has 0 unspecified atom stereocenters. The van der Waals surface area contributed by atoms with Crippen molar-refractivity contribution in [1.82, 2.24) is 4.31 Å². The van der Waals surface area contributed by atoms with Crippen molar-refractivity contribution in [2.45, 2.75) is 24.2 Å². The molecule has 0 aromatic heterocycles. The van der Waals surface area contributed by atoms with Gasteiger partial charge in [-0.15, -0.1) is 0 Å². The van der Waals surface area contributed by atoms with Crippen LogP contribution in [-0.2, 0) is 14.8 Å². The second-order valence-corrected chi connectivity index (χ2v) is 8.22. The molecule has 144 valence electrons. The Morgan fingerprint density at radius 3 is 2.56 bits per heavy atom. The van der Waals surface area contributed by atoms with Crippen LogP contribution in [0.4, 0.5) is 10.1 Å². The smallest absolute Gasteiger partial charge is 0.262 e. The van der Waals surface area contributed by atoms with Gasteiger partial charge in [0.15, 0.2) is 6.61 Å². The SMILES string of the molecule is O=C(COc1cccc(F)c1)Nc1cccc(S(=O)(=O)N2CCCCC2)c1. The number of ether oxygens (including phenoxy) is 1. The van der Waals surface area contributed by atoms with Gasteiger partial charge in [0.2, 0.25) is 10.0 Å². The Balaban J connectivity index is 1.64. The zero-order valence-corrected chi connectivity index (χ0v) is 15.5. The zero-order valence-electron chi connectivity index (χ0n) is 14.7. The minimum atomic E-state index is -3.57. The normalized spacial score (nSPS) is 15.3. The fourth-order valence-electron chi connectivity index (χ4n) is 2.89. The van der Waals surface area contributed by atoms with Gasteiger partial charge in [-0.2, -0.15) is 4.31 Å². The standard InChI is InChI=1S/C19H21FN2O4S/c20-15-6-4-8-17(12-15)26-14-19(23)21-16-7-5-9-18(13-16)27(24,25)22-10-2-1-3-11-22/h4-9,12-13H,1-3,10-11,14H2,(H,21,23). The minimum Gasteiger partial charge on any atom is -0.484 e. The third-order valence-electron chi connectivity index (χ3n) is 4.24. The number of sulfonamides is 1. The second-order valence-electron chi connectivity index (χ2n) is 6.29. The van der Waals surface area contributed by atoms with Crippen LogP contribution in [-0.4, -0.2) is 38.3 Å². The van der Waals surface area contributed by atoms with E-state index >= 15 is 0 Å². The van der Waals surface area contributed by atoms with E-state index in [1.165, 1.54) is 34.6 Å². The van der Waals surface area contributed by atoms with Crippen LogP contribution in [0.5, 0.6) is 5.75 Å². The van der Waals surface area contributed by atoms with Gasteiger partial charge in [-0.05, 0) is 43.2 Å². The summed E-state index contributed by atoms with van der Waals surface area (Å²) in [5.41, 5.74) is 0.362. The molecule has 8 heteroatoms. The lowest BCUT2D eigenvalue weighted by atomic mass is 10.2. The number of halogens is 1. The Kier molecular flexibility index (Phi) is 6.08. The average Bonchev–Trinajstić information content (AvgIpc) is 2.67. The van der Waals surface area contributed by atoms with Gasteiger partial charge in [0.05, 0.1) is 4.90 Å². The number of nitrogens with one attached hydrogen (secondary N) is 1. The predicted molar refractivity (Wildman–Crippen MR) is 99.6 cm³/mol. The predicted octanol–water partition coefficient (Wildman–Crippen LogP) is 3.02. The summed E-state index contributed by atoms with van der Waals surface area (Å²) in [6, 6.07) is 11.6. The van der Waals surface area contributed by atoms with Gasteiger partial charge in [0.1, 0.15) is 11.6 Å². The molecular weight excluding hydrogens is 371 g/mol. The summed E-state index contributed by atoms with van der Waals surface area (Å²) in [5.74, 6) is -0.679. The molecule has 0 bridgehead atoms. The van der Waals surface area contributed by atoms with E-state index in [-0.39, 0.29) is 17.3 Å². The first kappa shape index (κ1) is 19.3. The van der Waals surface area contributed by atoms with E-state index in [0.29, 0.717) is 18.8 Å². The molecule has 0 aliphatic carbocycles. The highest BCUT2D eigenvalue weighted by Gasteiger charge is 2.26. The molecule has 3 rings (SSSR count). The summed E-state index contributed by atoms with van der Waals surface area (Å²) in [6.07, 6.45) is 2.74. The van der Waals surface area contributed by atoms with Crippen LogP contribution in [0, 0.1) is 5.82 Å². The van der Waals surface area contributed by atoms with E-state index in [4.69, 9.17) is 4.74 Å². The number of hydrogen-bond acceptors (Lipinski definition) is 4. The van der Waals surface area contributed by atoms with Crippen molar-refractivity contribution >= 4 is 21.6 Å². The molecule has 0 atom stereocenters. The molecule has 2 aromatic rings. The number of piperidine rings is 1. The Labute approximate surface area is 158 Å². The third kappa shape index (κ3) is 5.05. The fraction of sp³-hybridized carbons (Fsp3) is 0.316. The van der Waals surface area contributed by atoms with Gasteiger partial charge in [0, 0.05) is 24.8 Å². The van der Waals surface area contributed by atoms with E-state index in [2.05, 4.69) is 5.32 Å². The molecule has 1 amide bonds. The number of nitrogens with zero attached hydrogens (tertiary/aromatic N) is 1. The molecule has 1 fully saturated rings. The van der Waals surface area contributed by atoms with E-state index in [0.717, 1.165) is 19.3 Å². The van der Waals surface area contributed by atoms with Crippen LogP contribution in [0.15, 0.2) is 53.4 Å². The van der Waals surface area contributed by atoms with Crippen molar-refractivity contribution < 1.29 is 22.3 Å². The van der Waals surface area contributed by atoms with E-state index in [9.17, 15) is 17.6 Å². The summed E-state index contributed by atoms with van der Waals surface area (Å²) in [7, 11) is -3.57. The third-order valence-corrected chi connectivity index (χ3v) is 6.13. The van der Waals surface area contributed by atoms with Crippen molar-refractivity contribution in [2.75, 3.05) is 25.0 Å². The van der Waals surface area contributed by atoms with E-state index in [1.807, 2.05) is 0 Å². The average molecular weight is 392 g/mol. The van der Waals surface area contributed by atoms with E-state index < -0.39 is 21.7 Å². The molecule has 1 aliphatic rings. The first-order chi connectivity index (χ1) is 12.9. The lowest BCUT2D eigenvalue weighted by molar-refractivity contribution is -0.118. The maximum Gasteiger partial charge on any atom is 0.262 e. The lowest BCUT2D eigenvalue weighted by Gasteiger charge is -2.26. The summed E-state index contributed by atoms with van der Waals surface area (Å²) in [5, 5.41) is 2.60. The highest BCUT2D eigenvalue weighted by molar-refractivity contribution is 7.89. The van der Waals surface area contributed by atoms with Crippen LogP contribution < -0.4 is 10.1 Å². The van der Waals surface area contributed by atoms with Crippen molar-refractivity contribution in [1.29, 1.82) is 0 Å². The number of benzene rings is 2. The highest BCUT2D eigenvalue weighted by Crippen LogP contribution is 2.23. The number of amides is 1. The summed E-state index contributed by atoms with van der Waals surface area (Å²) < 4.78 is 45.3. The molecule has 2 aromatic carbocycles. The maximum absolute atomic E-state index is 13.1. The van der Waals surface area contributed by atoms with Gasteiger partial charge >= 0.3 is 0 Å². The monoisotopic (exact) mass is 392 g/mol. The molecule has 1 saturated heterocycles. The fourth-order valence-corrected chi connectivity index (χ4v) is 4.45. The van der Waals surface area contributed by atoms with Crippen LogP contribution in [0.3, 0.4) is 0 Å². The number of rotatable bonds is 6. The maximum atomic E-state index is 13.1. The molecule has 1 N–H and O–H groups in total. The highest BCUT2D eigenvalue weighted by atomic mass is 32.2. The van der Waals surface area contributed by atoms with Gasteiger partial charge in [-0.3, -0.25) is 4.79 Å². The lowest BCUT2D eigenvalue weighted by Crippen LogP contribution is -2.35. The molecule has 1 heterocycles. The summed E-state index contributed by atoms with van der Waals surface area (Å²) in [6.45, 7) is 0.716. The Morgan fingerprint density at radius 1 is 1.07 bits per heavy atom. The van der Waals surface area contributed by atoms with E-state index in [1.54, 1.807) is 18.2 Å². The van der Waals surface area contributed by atoms with Crippen molar-refractivity contribution in [3.63, 3.8) is 0 Å². The summed E-state index contributed by atoms with van der Waals surface area (Å²) in [4.78, 5) is 12.2. The van der Waals surface area contributed by atoms with Crippen LogP contribution >= 0.6 is 0 Å². The molecule has 1 aliphatic heterocycles. The van der Waals surface area contributed by atoms with Gasteiger partial charge in [0.25, 0.3) is 5.91 Å². The first-order valence-electron chi connectivity index (χ1n) is 8.73. The van der Waals surface area contributed by atoms with Crippen molar-refractivity contribution in [2.24, 2.45) is 0 Å². The second kappa shape index (κ2) is 8.49. The van der Waals surface area contributed by atoms with Gasteiger partial charge in [-0.25, -0.2) is 12.8 Å². The van der Waals surface area contributed by atoms with Gasteiger partial charge in [-0.1, -0.05) is 18.6 Å². The topological polar surface area (TPSA) is 75.7 Å². The number of hydrogen-bond donors (Lipinski definition) is 1. The Hall–Kier alpha value is -2.45. The molecule has 0 spiro atoms. The van der Waals surface area contributed by atoms with Crippen LogP contribution in [0.1, 0.15) is 19.3 Å². The Morgan fingerprint density at radius 2 is 1.81 bits per heavy atom. The molecular formula is C19H21FN2O4S. The van der Waals surface area contributed by atoms with Crippen molar-refractivity contribution in [3.8, 4) is 5.75 Å². The molecule has 27 heavy (non-hydrogen) atoms. The summed E-state index contributed by atoms with van der Waals surface area (Å²) >= 11 is 0. The zero-order chi connectivity index (χ0) is 19.3. The molecule has 0 radical (unpaired) electrons. The van der Waals surface area contributed by atoms with Gasteiger partial charge < -0.3 is 10.1 Å². The van der Waals surface area contributed by atoms with Crippen molar-refractivity contribution in [3.05, 3.63) is 54.3 Å².